The van der Waals surface area contributed by atoms with E-state index in [0.29, 0.717) is 16.0 Å². The van der Waals surface area contributed by atoms with Gasteiger partial charge >= 0.3 is 0 Å². The van der Waals surface area contributed by atoms with E-state index in [1.807, 2.05) is 18.2 Å². The highest BCUT2D eigenvalue weighted by molar-refractivity contribution is 8.15. The zero-order chi connectivity index (χ0) is 11.5. The second-order valence-electron chi connectivity index (χ2n) is 3.55. The minimum atomic E-state index is 0.552. The van der Waals surface area contributed by atoms with Gasteiger partial charge in [-0.15, -0.1) is 0 Å². The Morgan fingerprint density at radius 1 is 1.56 bits per heavy atom. The summed E-state index contributed by atoms with van der Waals surface area (Å²) in [6, 6.07) is 5.59. The van der Waals surface area contributed by atoms with Crippen LogP contribution >= 0.6 is 23.4 Å². The van der Waals surface area contributed by atoms with Gasteiger partial charge in [0.25, 0.3) is 0 Å². The first-order valence-corrected chi connectivity index (χ1v) is 6.26. The smallest absolute Gasteiger partial charge is 0.161 e. The second-order valence-corrected chi connectivity index (χ2v) is 5.38. The third-order valence-corrected chi connectivity index (χ3v) is 3.53. The number of hydrogen-bond acceptors (Lipinski definition) is 4. The molecular formula is C11H13ClN2OS. The largest absolute Gasteiger partial charge is 0.495 e. The molecule has 0 saturated heterocycles. The van der Waals surface area contributed by atoms with E-state index in [-0.39, 0.29) is 0 Å². The standard InChI is InChI=1S/C11H13ClN2OS/c1-7-6-13-11(16-7)14-8-3-4-9(12)10(5-8)15-2/h3-5,7H,6H2,1-2H3,(H,13,14). The Kier molecular flexibility index (Phi) is 3.61. The summed E-state index contributed by atoms with van der Waals surface area (Å²) >= 11 is 7.69. The first kappa shape index (κ1) is 11.6. The average Bonchev–Trinajstić information content (AvgIpc) is 2.67. The molecule has 2 rings (SSSR count). The monoisotopic (exact) mass is 256 g/mol. The number of thioether (sulfide) groups is 1. The van der Waals surface area contributed by atoms with E-state index in [4.69, 9.17) is 16.3 Å². The van der Waals surface area contributed by atoms with Crippen molar-refractivity contribution in [1.82, 2.24) is 0 Å². The number of methoxy groups -OCH3 is 1. The number of hydrogen-bond donors (Lipinski definition) is 1. The molecule has 86 valence electrons. The molecule has 0 amide bonds. The zero-order valence-electron chi connectivity index (χ0n) is 9.16. The van der Waals surface area contributed by atoms with Gasteiger partial charge in [0, 0.05) is 17.0 Å². The molecule has 0 aromatic heterocycles. The second kappa shape index (κ2) is 4.97. The fourth-order valence-corrected chi connectivity index (χ4v) is 2.46. The number of nitrogens with zero attached hydrogens (tertiary/aromatic N) is 1. The summed E-state index contributed by atoms with van der Waals surface area (Å²) in [6.45, 7) is 3.03. The Hall–Kier alpha value is -0.870. The number of ether oxygens (including phenoxy) is 1. The highest BCUT2D eigenvalue weighted by atomic mass is 35.5. The molecule has 0 spiro atoms. The lowest BCUT2D eigenvalue weighted by atomic mass is 10.3. The average molecular weight is 257 g/mol. The van der Waals surface area contributed by atoms with Crippen molar-refractivity contribution in [2.75, 3.05) is 19.0 Å². The van der Waals surface area contributed by atoms with Crippen LogP contribution in [-0.2, 0) is 0 Å². The molecule has 3 nitrogen and oxygen atoms in total. The van der Waals surface area contributed by atoms with Crippen LogP contribution in [0.15, 0.2) is 23.2 Å². The predicted octanol–water partition coefficient (Wildman–Crippen LogP) is 3.25. The van der Waals surface area contributed by atoms with Gasteiger partial charge in [0.15, 0.2) is 5.17 Å². The molecule has 1 aliphatic heterocycles. The molecule has 1 aromatic rings. The molecule has 0 bridgehead atoms. The normalized spacial score (nSPS) is 19.4. The van der Waals surface area contributed by atoms with Gasteiger partial charge in [-0.2, -0.15) is 0 Å². The molecule has 0 fully saturated rings. The summed E-state index contributed by atoms with van der Waals surface area (Å²) in [5.74, 6) is 0.670. The first-order chi connectivity index (χ1) is 7.69. The highest BCUT2D eigenvalue weighted by Crippen LogP contribution is 2.29. The number of rotatable bonds is 2. The first-order valence-electron chi connectivity index (χ1n) is 5.00. The maximum absolute atomic E-state index is 5.95. The zero-order valence-corrected chi connectivity index (χ0v) is 10.7. The summed E-state index contributed by atoms with van der Waals surface area (Å²) in [6.07, 6.45) is 0. The van der Waals surface area contributed by atoms with Crippen LogP contribution in [0.2, 0.25) is 5.02 Å². The van der Waals surface area contributed by atoms with Crippen molar-refractivity contribution in [3.63, 3.8) is 0 Å². The molecule has 5 heteroatoms. The Morgan fingerprint density at radius 3 is 3.00 bits per heavy atom. The Balaban J connectivity index is 2.10. The maximum atomic E-state index is 5.95. The summed E-state index contributed by atoms with van der Waals surface area (Å²) < 4.78 is 5.15. The van der Waals surface area contributed by atoms with E-state index >= 15 is 0 Å². The van der Waals surface area contributed by atoms with Crippen molar-refractivity contribution in [2.24, 2.45) is 4.99 Å². The third-order valence-electron chi connectivity index (χ3n) is 2.21. The van der Waals surface area contributed by atoms with Crippen molar-refractivity contribution in [1.29, 1.82) is 0 Å². The van der Waals surface area contributed by atoms with E-state index in [0.717, 1.165) is 17.4 Å². The van der Waals surface area contributed by atoms with Gasteiger partial charge in [0.1, 0.15) is 5.75 Å². The Bertz CT molecular complexity index is 422. The van der Waals surface area contributed by atoms with Gasteiger partial charge in [0.2, 0.25) is 0 Å². The molecule has 0 radical (unpaired) electrons. The van der Waals surface area contributed by atoms with Gasteiger partial charge in [-0.25, -0.2) is 0 Å². The molecule has 1 unspecified atom stereocenters. The molecule has 1 N–H and O–H groups in total. The summed E-state index contributed by atoms with van der Waals surface area (Å²) in [4.78, 5) is 4.38. The van der Waals surface area contributed by atoms with Crippen LogP contribution in [0.1, 0.15) is 6.92 Å². The molecular weight excluding hydrogens is 244 g/mol. The van der Waals surface area contributed by atoms with Crippen LogP contribution in [0.25, 0.3) is 0 Å². The van der Waals surface area contributed by atoms with E-state index < -0.39 is 0 Å². The SMILES string of the molecule is COc1cc(NC2=NCC(C)S2)ccc1Cl. The van der Waals surface area contributed by atoms with Gasteiger partial charge in [-0.1, -0.05) is 30.3 Å². The lowest BCUT2D eigenvalue weighted by Crippen LogP contribution is -2.05. The molecule has 1 atom stereocenters. The van der Waals surface area contributed by atoms with Crippen molar-refractivity contribution >= 4 is 34.2 Å². The van der Waals surface area contributed by atoms with E-state index in [2.05, 4.69) is 17.2 Å². The lowest BCUT2D eigenvalue weighted by Gasteiger charge is -2.08. The number of halogens is 1. The fourth-order valence-electron chi connectivity index (χ4n) is 1.41. The fraction of sp³-hybridized carbons (Fsp3) is 0.364. The Labute approximate surface area is 104 Å². The van der Waals surface area contributed by atoms with E-state index in [9.17, 15) is 0 Å². The Morgan fingerprint density at radius 2 is 2.38 bits per heavy atom. The number of benzene rings is 1. The van der Waals surface area contributed by atoms with Crippen LogP contribution in [0.3, 0.4) is 0 Å². The molecule has 0 aliphatic carbocycles. The minimum absolute atomic E-state index is 0.552. The molecule has 1 aliphatic rings. The van der Waals surface area contributed by atoms with Gasteiger partial charge < -0.3 is 10.1 Å². The number of anilines is 1. The van der Waals surface area contributed by atoms with Crippen LogP contribution in [-0.4, -0.2) is 24.1 Å². The third kappa shape index (κ3) is 2.62. The lowest BCUT2D eigenvalue weighted by molar-refractivity contribution is 0.415. The molecule has 1 heterocycles. The van der Waals surface area contributed by atoms with E-state index in [1.54, 1.807) is 18.9 Å². The van der Waals surface area contributed by atoms with Crippen molar-refractivity contribution < 1.29 is 4.74 Å². The van der Waals surface area contributed by atoms with Crippen LogP contribution in [0.4, 0.5) is 5.69 Å². The summed E-state index contributed by atoms with van der Waals surface area (Å²) in [5.41, 5.74) is 0.946. The van der Waals surface area contributed by atoms with Gasteiger partial charge in [-0.05, 0) is 12.1 Å². The molecule has 0 saturated carbocycles. The number of aliphatic imine (C=N–C) groups is 1. The number of amidine groups is 1. The van der Waals surface area contributed by atoms with Crippen molar-refractivity contribution in [3.05, 3.63) is 23.2 Å². The van der Waals surface area contributed by atoms with Crippen LogP contribution in [0.5, 0.6) is 5.75 Å². The maximum Gasteiger partial charge on any atom is 0.161 e. The summed E-state index contributed by atoms with van der Waals surface area (Å²) in [5, 5.41) is 5.37. The quantitative estimate of drug-likeness (QED) is 0.882. The van der Waals surface area contributed by atoms with Crippen molar-refractivity contribution in [2.45, 2.75) is 12.2 Å². The van der Waals surface area contributed by atoms with Crippen molar-refractivity contribution in [3.8, 4) is 5.75 Å². The number of nitrogens with one attached hydrogen (secondary N) is 1. The topological polar surface area (TPSA) is 33.6 Å². The molecule has 1 aromatic carbocycles. The van der Waals surface area contributed by atoms with Gasteiger partial charge in [0.05, 0.1) is 18.7 Å². The highest BCUT2D eigenvalue weighted by Gasteiger charge is 2.15. The van der Waals surface area contributed by atoms with Crippen LogP contribution in [0, 0.1) is 0 Å². The predicted molar refractivity (Wildman–Crippen MR) is 71.0 cm³/mol. The van der Waals surface area contributed by atoms with Gasteiger partial charge in [-0.3, -0.25) is 4.99 Å². The van der Waals surface area contributed by atoms with Crippen LogP contribution < -0.4 is 10.1 Å². The summed E-state index contributed by atoms with van der Waals surface area (Å²) in [7, 11) is 1.61. The van der Waals surface area contributed by atoms with E-state index in [1.165, 1.54) is 0 Å². The minimum Gasteiger partial charge on any atom is -0.495 e. The molecule has 16 heavy (non-hydrogen) atoms.